The van der Waals surface area contributed by atoms with Crippen molar-refractivity contribution >= 4 is 34.1 Å². The predicted octanol–water partition coefficient (Wildman–Crippen LogP) is 4.71. The Labute approximate surface area is 231 Å². The molecule has 2 N–H and O–H groups in total. The molecule has 10 nitrogen and oxygen atoms in total. The molecular formula is C28H32F2N8O2. The van der Waals surface area contributed by atoms with Gasteiger partial charge >= 0.3 is 0 Å². The van der Waals surface area contributed by atoms with E-state index in [0.29, 0.717) is 18.1 Å². The summed E-state index contributed by atoms with van der Waals surface area (Å²) in [7, 11) is 1.61. The van der Waals surface area contributed by atoms with Crippen molar-refractivity contribution < 1.29 is 18.3 Å². The van der Waals surface area contributed by atoms with Crippen LogP contribution in [0.15, 0.2) is 36.8 Å². The van der Waals surface area contributed by atoms with Crippen molar-refractivity contribution in [1.29, 1.82) is 0 Å². The largest absolute Gasteiger partial charge is 0.435 e. The molecule has 210 valence electrons. The molecule has 0 aliphatic carbocycles. The lowest BCUT2D eigenvalue weighted by Crippen LogP contribution is -2.46. The number of aromatic amines is 1. The number of halogens is 2. The maximum absolute atomic E-state index is 15.3. The Morgan fingerprint density at radius 1 is 1.12 bits per heavy atom. The van der Waals surface area contributed by atoms with Crippen LogP contribution in [0.25, 0.3) is 10.9 Å². The standard InChI is InChI=1S/C28H32F2N8O2/c1-5-36(4)28(39)23-26(35-22-8-7-18(15-31-22)38-11-9-37(6-2)10-12-38)32-16-33-27(23)40-21-14-20(29)25-19(24(21)30)13-17(3)34-25/h7-8,13-16,34H,5-6,9-12H2,1-4H3,(H,31,32,33,35). The Hall–Kier alpha value is -4.32. The SMILES string of the molecule is CCN1CCN(c2ccc(Nc3ncnc(Oc4cc(F)c5[nH]c(C)cc5c4F)c3C(=O)N(C)CC)nc2)CC1. The number of aromatic nitrogens is 4. The van der Waals surface area contributed by atoms with Crippen molar-refractivity contribution in [3.05, 3.63) is 59.7 Å². The summed E-state index contributed by atoms with van der Waals surface area (Å²) in [4.78, 5) is 35.2. The summed E-state index contributed by atoms with van der Waals surface area (Å²) in [6, 6.07) is 6.19. The molecule has 0 saturated carbocycles. The van der Waals surface area contributed by atoms with Crippen LogP contribution in [0.5, 0.6) is 11.6 Å². The van der Waals surface area contributed by atoms with E-state index in [1.54, 1.807) is 26.2 Å². The Morgan fingerprint density at radius 2 is 1.90 bits per heavy atom. The van der Waals surface area contributed by atoms with Gasteiger partial charge in [0.2, 0.25) is 5.88 Å². The van der Waals surface area contributed by atoms with E-state index in [0.717, 1.165) is 44.5 Å². The molecule has 1 aliphatic rings. The number of aryl methyl sites for hydroxylation is 1. The highest BCUT2D eigenvalue weighted by molar-refractivity contribution is 6.01. The van der Waals surface area contributed by atoms with Gasteiger partial charge in [0, 0.05) is 56.9 Å². The number of ether oxygens (including phenoxy) is 1. The van der Waals surface area contributed by atoms with E-state index < -0.39 is 23.3 Å². The van der Waals surface area contributed by atoms with Crippen molar-refractivity contribution in [3.8, 4) is 11.6 Å². The zero-order valence-corrected chi connectivity index (χ0v) is 23.0. The minimum absolute atomic E-state index is 0.0291. The molecule has 0 bridgehead atoms. The first-order chi connectivity index (χ1) is 19.3. The third kappa shape index (κ3) is 5.39. The minimum Gasteiger partial charge on any atom is -0.435 e. The first-order valence-corrected chi connectivity index (χ1v) is 13.2. The third-order valence-corrected chi connectivity index (χ3v) is 7.13. The highest BCUT2D eigenvalue weighted by Crippen LogP contribution is 2.35. The highest BCUT2D eigenvalue weighted by Gasteiger charge is 2.26. The van der Waals surface area contributed by atoms with Gasteiger partial charge in [-0.2, -0.15) is 0 Å². The fourth-order valence-corrected chi connectivity index (χ4v) is 4.67. The molecule has 1 aliphatic heterocycles. The average molecular weight is 551 g/mol. The average Bonchev–Trinajstić information content (AvgIpc) is 3.38. The number of piperazine rings is 1. The molecule has 0 spiro atoms. The summed E-state index contributed by atoms with van der Waals surface area (Å²) in [6.45, 7) is 10.9. The second-order valence-electron chi connectivity index (χ2n) is 9.68. The number of benzene rings is 1. The smallest absolute Gasteiger partial charge is 0.262 e. The fourth-order valence-electron chi connectivity index (χ4n) is 4.67. The summed E-state index contributed by atoms with van der Waals surface area (Å²) in [5.41, 5.74) is 1.61. The van der Waals surface area contributed by atoms with Gasteiger partial charge in [-0.1, -0.05) is 6.92 Å². The molecule has 1 amide bonds. The number of likely N-dealkylation sites (N-methyl/N-ethyl adjacent to an activating group) is 1. The Kier molecular flexibility index (Phi) is 7.78. The number of rotatable bonds is 8. The fraction of sp³-hybridized carbons (Fsp3) is 0.357. The number of nitrogens with one attached hydrogen (secondary N) is 2. The lowest BCUT2D eigenvalue weighted by molar-refractivity contribution is 0.0799. The lowest BCUT2D eigenvalue weighted by Gasteiger charge is -2.35. The molecule has 4 heterocycles. The molecule has 0 unspecified atom stereocenters. The van der Waals surface area contributed by atoms with Gasteiger partial charge in [0.1, 0.15) is 17.7 Å². The van der Waals surface area contributed by atoms with E-state index >= 15 is 4.39 Å². The molecule has 40 heavy (non-hydrogen) atoms. The van der Waals surface area contributed by atoms with Crippen LogP contribution in [0.3, 0.4) is 0 Å². The van der Waals surface area contributed by atoms with Crippen molar-refractivity contribution in [3.63, 3.8) is 0 Å². The molecule has 1 aromatic carbocycles. The molecule has 12 heteroatoms. The molecule has 0 atom stereocenters. The molecule has 1 saturated heterocycles. The highest BCUT2D eigenvalue weighted by atomic mass is 19.1. The van der Waals surface area contributed by atoms with Crippen LogP contribution in [-0.2, 0) is 0 Å². The van der Waals surface area contributed by atoms with Gasteiger partial charge in [0.05, 0.1) is 17.4 Å². The second kappa shape index (κ2) is 11.4. The summed E-state index contributed by atoms with van der Waals surface area (Å²) < 4.78 is 35.8. The summed E-state index contributed by atoms with van der Waals surface area (Å²) in [5.74, 6) is -1.93. The normalized spacial score (nSPS) is 14.0. The third-order valence-electron chi connectivity index (χ3n) is 7.13. The van der Waals surface area contributed by atoms with E-state index in [-0.39, 0.29) is 28.2 Å². The maximum atomic E-state index is 15.3. The number of hydrogen-bond donors (Lipinski definition) is 2. The zero-order valence-electron chi connectivity index (χ0n) is 23.0. The number of nitrogens with zero attached hydrogens (tertiary/aromatic N) is 6. The molecular weight excluding hydrogens is 518 g/mol. The van der Waals surface area contributed by atoms with Crippen LogP contribution in [0.2, 0.25) is 0 Å². The molecule has 0 radical (unpaired) electrons. The van der Waals surface area contributed by atoms with Crippen LogP contribution in [0.1, 0.15) is 29.9 Å². The summed E-state index contributed by atoms with van der Waals surface area (Å²) in [5, 5.41) is 3.12. The minimum atomic E-state index is -0.770. The number of anilines is 3. The monoisotopic (exact) mass is 550 g/mol. The number of carbonyl (C=O) groups excluding carboxylic acids is 1. The van der Waals surface area contributed by atoms with Gasteiger partial charge in [-0.3, -0.25) is 4.79 Å². The van der Waals surface area contributed by atoms with Gasteiger partial charge in [0.15, 0.2) is 23.2 Å². The molecule has 1 fully saturated rings. The number of H-pyrrole nitrogens is 1. The van der Waals surface area contributed by atoms with Gasteiger partial charge in [-0.25, -0.2) is 23.7 Å². The molecule has 5 rings (SSSR count). The lowest BCUT2D eigenvalue weighted by atomic mass is 10.2. The van der Waals surface area contributed by atoms with E-state index in [1.807, 2.05) is 13.0 Å². The topological polar surface area (TPSA) is 103 Å². The van der Waals surface area contributed by atoms with Crippen LogP contribution in [0.4, 0.5) is 26.1 Å². The van der Waals surface area contributed by atoms with Gasteiger partial charge < -0.3 is 29.7 Å². The first kappa shape index (κ1) is 27.3. The van der Waals surface area contributed by atoms with Crippen molar-refractivity contribution in [2.45, 2.75) is 20.8 Å². The van der Waals surface area contributed by atoms with Crippen LogP contribution >= 0.6 is 0 Å². The van der Waals surface area contributed by atoms with Crippen molar-refractivity contribution in [2.24, 2.45) is 0 Å². The number of amides is 1. The van der Waals surface area contributed by atoms with Crippen LogP contribution in [0, 0.1) is 18.6 Å². The van der Waals surface area contributed by atoms with Crippen molar-refractivity contribution in [2.75, 3.05) is 56.5 Å². The molecule has 4 aromatic rings. The van der Waals surface area contributed by atoms with E-state index in [2.05, 4.69) is 42.0 Å². The molecule has 3 aromatic heterocycles. The van der Waals surface area contributed by atoms with E-state index in [4.69, 9.17) is 4.74 Å². The number of fused-ring (bicyclic) bond motifs is 1. The Morgan fingerprint density at radius 3 is 2.58 bits per heavy atom. The van der Waals surface area contributed by atoms with E-state index in [1.165, 1.54) is 17.3 Å². The van der Waals surface area contributed by atoms with Gasteiger partial charge in [0.25, 0.3) is 5.91 Å². The number of pyridine rings is 1. The van der Waals surface area contributed by atoms with Gasteiger partial charge in [-0.15, -0.1) is 0 Å². The predicted molar refractivity (Wildman–Crippen MR) is 150 cm³/mol. The quantitative estimate of drug-likeness (QED) is 0.325. The number of carbonyl (C=O) groups is 1. The van der Waals surface area contributed by atoms with Crippen molar-refractivity contribution in [1.82, 2.24) is 29.7 Å². The van der Waals surface area contributed by atoms with Gasteiger partial charge in [-0.05, 0) is 38.6 Å². The first-order valence-electron chi connectivity index (χ1n) is 13.2. The Bertz CT molecular complexity index is 1520. The summed E-state index contributed by atoms with van der Waals surface area (Å²) in [6.07, 6.45) is 2.96. The van der Waals surface area contributed by atoms with Crippen LogP contribution < -0.4 is 15.0 Å². The zero-order chi connectivity index (χ0) is 28.4. The Balaban J connectivity index is 1.45. The van der Waals surface area contributed by atoms with Crippen LogP contribution in [-0.4, -0.2) is 82.0 Å². The maximum Gasteiger partial charge on any atom is 0.262 e. The summed E-state index contributed by atoms with van der Waals surface area (Å²) >= 11 is 0. The number of hydrogen-bond acceptors (Lipinski definition) is 8. The second-order valence-corrected chi connectivity index (χ2v) is 9.68. The van der Waals surface area contributed by atoms with E-state index in [9.17, 15) is 9.18 Å².